The fourth-order valence-electron chi connectivity index (χ4n) is 1.59. The standard InChI is InChI=1S/C13H10O6/c1-2-18-13(17)11-6-9(14)8-5-7(12(15)16)3-4-10(8)19-11/h3-6H,2H2,1H3,(H,15,16). The lowest BCUT2D eigenvalue weighted by Crippen LogP contribution is -2.10. The topological polar surface area (TPSA) is 93.8 Å². The SMILES string of the molecule is CCOC(=O)c1cc(=O)c2cc(C(=O)O)ccc2o1. The first-order chi connectivity index (χ1) is 9.02. The van der Waals surface area contributed by atoms with Gasteiger partial charge in [0.15, 0.2) is 5.43 Å². The minimum atomic E-state index is -1.14. The van der Waals surface area contributed by atoms with Crippen molar-refractivity contribution in [2.45, 2.75) is 6.92 Å². The summed E-state index contributed by atoms with van der Waals surface area (Å²) in [5.74, 6) is -2.08. The lowest BCUT2D eigenvalue weighted by atomic mass is 10.1. The van der Waals surface area contributed by atoms with Crippen LogP contribution in [0.25, 0.3) is 11.0 Å². The number of carboxylic acids is 1. The molecule has 2 aromatic rings. The van der Waals surface area contributed by atoms with Crippen molar-refractivity contribution in [1.29, 1.82) is 0 Å². The zero-order valence-electron chi connectivity index (χ0n) is 10.0. The predicted octanol–water partition coefficient (Wildman–Crippen LogP) is 1.67. The van der Waals surface area contributed by atoms with Crippen LogP contribution in [0.1, 0.15) is 27.8 Å². The first-order valence-corrected chi connectivity index (χ1v) is 5.51. The van der Waals surface area contributed by atoms with Gasteiger partial charge in [-0.05, 0) is 25.1 Å². The van der Waals surface area contributed by atoms with Crippen LogP contribution in [0.4, 0.5) is 0 Å². The second kappa shape index (κ2) is 4.93. The van der Waals surface area contributed by atoms with Crippen molar-refractivity contribution in [2.24, 2.45) is 0 Å². The number of hydrogen-bond donors (Lipinski definition) is 1. The van der Waals surface area contributed by atoms with Gasteiger partial charge in [0.2, 0.25) is 5.76 Å². The molecule has 0 unspecified atom stereocenters. The Hall–Kier alpha value is -2.63. The van der Waals surface area contributed by atoms with Crippen molar-refractivity contribution >= 4 is 22.9 Å². The minimum Gasteiger partial charge on any atom is -0.478 e. The Balaban J connectivity index is 2.59. The highest BCUT2D eigenvalue weighted by atomic mass is 16.5. The number of rotatable bonds is 3. The fraction of sp³-hybridized carbons (Fsp3) is 0.154. The summed E-state index contributed by atoms with van der Waals surface area (Å²) in [6.07, 6.45) is 0. The van der Waals surface area contributed by atoms with Crippen LogP contribution in [0.15, 0.2) is 33.5 Å². The summed E-state index contributed by atoms with van der Waals surface area (Å²) < 4.78 is 9.95. The maximum Gasteiger partial charge on any atom is 0.374 e. The van der Waals surface area contributed by atoms with Crippen LogP contribution >= 0.6 is 0 Å². The molecule has 2 rings (SSSR count). The molecule has 0 fully saturated rings. The van der Waals surface area contributed by atoms with Crippen molar-refractivity contribution in [3.8, 4) is 0 Å². The van der Waals surface area contributed by atoms with Crippen molar-refractivity contribution < 1.29 is 23.8 Å². The molecular weight excluding hydrogens is 252 g/mol. The molecule has 0 saturated carbocycles. The molecule has 0 aliphatic carbocycles. The van der Waals surface area contributed by atoms with Crippen molar-refractivity contribution in [3.63, 3.8) is 0 Å². The summed E-state index contributed by atoms with van der Waals surface area (Å²) in [7, 11) is 0. The van der Waals surface area contributed by atoms with Crippen LogP contribution in [0.3, 0.4) is 0 Å². The summed E-state index contributed by atoms with van der Waals surface area (Å²) in [5, 5.41) is 8.95. The summed E-state index contributed by atoms with van der Waals surface area (Å²) in [6.45, 7) is 1.80. The minimum absolute atomic E-state index is 0.0244. The van der Waals surface area contributed by atoms with Crippen LogP contribution in [-0.2, 0) is 4.74 Å². The lowest BCUT2D eigenvalue weighted by molar-refractivity contribution is 0.0490. The Morgan fingerprint density at radius 2 is 2.05 bits per heavy atom. The third kappa shape index (κ3) is 2.47. The van der Waals surface area contributed by atoms with Gasteiger partial charge in [-0.3, -0.25) is 4.79 Å². The third-order valence-corrected chi connectivity index (χ3v) is 2.45. The second-order valence-corrected chi connectivity index (χ2v) is 3.71. The van der Waals surface area contributed by atoms with E-state index < -0.39 is 17.4 Å². The van der Waals surface area contributed by atoms with Gasteiger partial charge in [0.25, 0.3) is 0 Å². The van der Waals surface area contributed by atoms with Gasteiger partial charge >= 0.3 is 11.9 Å². The van der Waals surface area contributed by atoms with E-state index in [2.05, 4.69) is 0 Å². The molecule has 0 saturated heterocycles. The van der Waals surface area contributed by atoms with Crippen LogP contribution in [-0.4, -0.2) is 23.7 Å². The van der Waals surface area contributed by atoms with E-state index in [1.165, 1.54) is 18.2 Å². The number of fused-ring (bicyclic) bond motifs is 1. The molecule has 0 amide bonds. The molecule has 1 heterocycles. The highest BCUT2D eigenvalue weighted by Gasteiger charge is 2.14. The number of hydrogen-bond acceptors (Lipinski definition) is 5. The van der Waals surface area contributed by atoms with E-state index in [1.54, 1.807) is 6.92 Å². The van der Waals surface area contributed by atoms with E-state index in [9.17, 15) is 14.4 Å². The summed E-state index contributed by atoms with van der Waals surface area (Å²) in [5.41, 5.74) is -0.378. The largest absolute Gasteiger partial charge is 0.478 e. The molecular formula is C13H10O6. The highest BCUT2D eigenvalue weighted by molar-refractivity contribution is 5.94. The Morgan fingerprint density at radius 3 is 2.68 bits per heavy atom. The van der Waals surface area contributed by atoms with Crippen molar-refractivity contribution in [2.75, 3.05) is 6.61 Å². The molecule has 6 heteroatoms. The molecule has 0 aliphatic heterocycles. The third-order valence-electron chi connectivity index (χ3n) is 2.45. The summed E-state index contributed by atoms with van der Waals surface area (Å²) >= 11 is 0. The molecule has 0 bridgehead atoms. The summed E-state index contributed by atoms with van der Waals surface area (Å²) in [4.78, 5) is 34.1. The van der Waals surface area contributed by atoms with E-state index in [4.69, 9.17) is 14.3 Å². The zero-order valence-corrected chi connectivity index (χ0v) is 10.0. The van der Waals surface area contributed by atoms with Gasteiger partial charge < -0.3 is 14.3 Å². The smallest absolute Gasteiger partial charge is 0.374 e. The van der Waals surface area contributed by atoms with Crippen LogP contribution in [0.5, 0.6) is 0 Å². The average molecular weight is 262 g/mol. The number of aromatic carboxylic acids is 1. The van der Waals surface area contributed by atoms with E-state index in [-0.39, 0.29) is 28.9 Å². The molecule has 98 valence electrons. The van der Waals surface area contributed by atoms with Gasteiger partial charge in [0, 0.05) is 6.07 Å². The Morgan fingerprint density at radius 1 is 1.32 bits per heavy atom. The van der Waals surface area contributed by atoms with Crippen LogP contribution in [0, 0.1) is 0 Å². The number of benzene rings is 1. The van der Waals surface area contributed by atoms with Crippen molar-refractivity contribution in [3.05, 3.63) is 45.8 Å². The first-order valence-electron chi connectivity index (χ1n) is 5.51. The number of carbonyl (C=O) groups excluding carboxylic acids is 1. The number of carbonyl (C=O) groups is 2. The Bertz CT molecular complexity index is 713. The maximum atomic E-state index is 11.8. The molecule has 1 N–H and O–H groups in total. The van der Waals surface area contributed by atoms with Gasteiger partial charge in [-0.2, -0.15) is 0 Å². The molecule has 1 aromatic heterocycles. The van der Waals surface area contributed by atoms with Gasteiger partial charge in [-0.25, -0.2) is 9.59 Å². The molecule has 19 heavy (non-hydrogen) atoms. The Labute approximate surface area is 107 Å². The van der Waals surface area contributed by atoms with Crippen molar-refractivity contribution in [1.82, 2.24) is 0 Å². The number of esters is 1. The normalized spacial score (nSPS) is 10.4. The zero-order chi connectivity index (χ0) is 14.0. The van der Waals surface area contributed by atoms with Gasteiger partial charge in [-0.1, -0.05) is 0 Å². The second-order valence-electron chi connectivity index (χ2n) is 3.71. The lowest BCUT2D eigenvalue weighted by Gasteiger charge is -2.03. The number of carboxylic acid groups (broad SMARTS) is 1. The predicted molar refractivity (Wildman–Crippen MR) is 65.4 cm³/mol. The molecule has 0 atom stereocenters. The van der Waals surface area contributed by atoms with E-state index >= 15 is 0 Å². The van der Waals surface area contributed by atoms with E-state index in [0.717, 1.165) is 6.07 Å². The molecule has 1 aromatic carbocycles. The van der Waals surface area contributed by atoms with Gasteiger partial charge in [0.05, 0.1) is 17.6 Å². The van der Waals surface area contributed by atoms with Gasteiger partial charge in [0.1, 0.15) is 5.58 Å². The molecule has 0 radical (unpaired) electrons. The highest BCUT2D eigenvalue weighted by Crippen LogP contribution is 2.15. The Kier molecular flexibility index (Phi) is 3.33. The molecule has 6 nitrogen and oxygen atoms in total. The monoisotopic (exact) mass is 262 g/mol. The molecule has 0 aliphatic rings. The first kappa shape index (κ1) is 12.8. The maximum absolute atomic E-state index is 11.8. The number of ether oxygens (including phenoxy) is 1. The molecule has 0 spiro atoms. The van der Waals surface area contributed by atoms with E-state index in [0.29, 0.717) is 0 Å². The quantitative estimate of drug-likeness (QED) is 0.845. The van der Waals surface area contributed by atoms with E-state index in [1.807, 2.05) is 0 Å². The fourth-order valence-corrected chi connectivity index (χ4v) is 1.59. The van der Waals surface area contributed by atoms with Gasteiger partial charge in [-0.15, -0.1) is 0 Å². The average Bonchev–Trinajstić information content (AvgIpc) is 2.38. The summed E-state index contributed by atoms with van der Waals surface area (Å²) in [6, 6.07) is 4.83. The van der Waals surface area contributed by atoms with Crippen LogP contribution in [0.2, 0.25) is 0 Å². The van der Waals surface area contributed by atoms with Crippen LogP contribution < -0.4 is 5.43 Å².